The van der Waals surface area contributed by atoms with Gasteiger partial charge in [0.1, 0.15) is 17.1 Å². The van der Waals surface area contributed by atoms with E-state index in [1.807, 2.05) is 43.0 Å². The van der Waals surface area contributed by atoms with Crippen LogP contribution in [0.5, 0.6) is 0 Å². The number of amides is 2. The number of aromatic nitrogens is 2. The molecule has 5 rings (SSSR count). The summed E-state index contributed by atoms with van der Waals surface area (Å²) in [6, 6.07) is 10.9. The van der Waals surface area contributed by atoms with Crippen molar-refractivity contribution in [2.45, 2.75) is 45.8 Å². The largest absolute Gasteiger partial charge is 0.433 e. The van der Waals surface area contributed by atoms with Gasteiger partial charge in [0.05, 0.1) is 15.9 Å². The molecule has 10 heteroatoms. The van der Waals surface area contributed by atoms with Crippen LogP contribution < -0.4 is 5.32 Å². The van der Waals surface area contributed by atoms with E-state index in [2.05, 4.69) is 22.2 Å². The van der Waals surface area contributed by atoms with Gasteiger partial charge in [0.25, 0.3) is 11.8 Å². The summed E-state index contributed by atoms with van der Waals surface area (Å²) in [5.74, 6) is 0.151. The van der Waals surface area contributed by atoms with Crippen molar-refractivity contribution in [3.8, 4) is 10.4 Å². The summed E-state index contributed by atoms with van der Waals surface area (Å²) in [5.41, 5.74) is 1.01. The minimum atomic E-state index is -4.64. The molecule has 200 valence electrons. The molecule has 2 aromatic heterocycles. The maximum Gasteiger partial charge on any atom is 0.433 e. The molecule has 6 nitrogen and oxygen atoms in total. The molecule has 2 amide bonds. The number of benzene rings is 1. The molecule has 1 aliphatic heterocycles. The molecule has 1 aromatic carbocycles. The predicted octanol–water partition coefficient (Wildman–Crippen LogP) is 5.76. The number of rotatable bonds is 5. The van der Waals surface area contributed by atoms with Crippen molar-refractivity contribution in [3.63, 3.8) is 0 Å². The Kier molecular flexibility index (Phi) is 7.02. The third-order valence-electron chi connectivity index (χ3n) is 7.53. The van der Waals surface area contributed by atoms with E-state index in [0.717, 1.165) is 39.9 Å². The normalized spacial score (nSPS) is 22.9. The average molecular weight is 543 g/mol. The van der Waals surface area contributed by atoms with Crippen molar-refractivity contribution in [3.05, 3.63) is 70.1 Å². The van der Waals surface area contributed by atoms with Gasteiger partial charge in [0, 0.05) is 13.1 Å². The number of carbonyl (C=O) groups is 2. The summed E-state index contributed by atoms with van der Waals surface area (Å²) >= 11 is 1.48. The lowest BCUT2D eigenvalue weighted by atomic mass is 9.93. The summed E-state index contributed by atoms with van der Waals surface area (Å²) < 4.78 is 39.3. The quantitative estimate of drug-likeness (QED) is 0.445. The Morgan fingerprint density at radius 2 is 1.87 bits per heavy atom. The zero-order chi connectivity index (χ0) is 27.2. The maximum atomic E-state index is 14.0. The Bertz CT molecular complexity index is 1370. The van der Waals surface area contributed by atoms with Crippen molar-refractivity contribution in [1.29, 1.82) is 0 Å². The van der Waals surface area contributed by atoms with Crippen LogP contribution in [0.25, 0.3) is 10.4 Å². The molecule has 0 bridgehead atoms. The highest BCUT2D eigenvalue weighted by atomic mass is 32.1. The third kappa shape index (κ3) is 5.18. The van der Waals surface area contributed by atoms with Crippen molar-refractivity contribution in [2.75, 3.05) is 13.1 Å². The van der Waals surface area contributed by atoms with Gasteiger partial charge in [-0.05, 0) is 62.1 Å². The lowest BCUT2D eigenvalue weighted by Crippen LogP contribution is -2.46. The van der Waals surface area contributed by atoms with Gasteiger partial charge in [0.2, 0.25) is 0 Å². The van der Waals surface area contributed by atoms with E-state index in [1.165, 1.54) is 23.5 Å². The van der Waals surface area contributed by atoms with Crippen LogP contribution in [0.1, 0.15) is 57.0 Å². The molecule has 1 N–H and O–H groups in total. The Hall–Kier alpha value is -3.27. The van der Waals surface area contributed by atoms with Crippen LogP contribution in [0.15, 0.2) is 42.5 Å². The van der Waals surface area contributed by atoms with Crippen molar-refractivity contribution in [2.24, 2.45) is 17.8 Å². The van der Waals surface area contributed by atoms with Crippen LogP contribution in [0.4, 0.5) is 13.2 Å². The molecule has 38 heavy (non-hydrogen) atoms. The molecule has 3 heterocycles. The molecule has 2 fully saturated rings. The maximum absolute atomic E-state index is 14.0. The second-order valence-corrected chi connectivity index (χ2v) is 11.6. The number of nitrogens with zero attached hydrogens (tertiary/aromatic N) is 3. The lowest BCUT2D eigenvalue weighted by Gasteiger charge is -2.28. The van der Waals surface area contributed by atoms with Crippen LogP contribution in [-0.4, -0.2) is 45.8 Å². The Morgan fingerprint density at radius 1 is 1.11 bits per heavy atom. The fourth-order valence-electron chi connectivity index (χ4n) is 5.94. The number of aryl methyl sites for hydroxylation is 2. The molecular formula is C28H29F3N4O2S. The fourth-order valence-corrected chi connectivity index (χ4v) is 6.84. The first-order valence-corrected chi connectivity index (χ1v) is 13.5. The van der Waals surface area contributed by atoms with Gasteiger partial charge in [-0.25, -0.2) is 9.97 Å². The molecular weight excluding hydrogens is 513 g/mol. The topological polar surface area (TPSA) is 75.2 Å². The molecule has 4 atom stereocenters. The SMILES string of the molecule is Cc1cccc(-c2sc(C)nc2C(=O)N2CC3CC(C)C[C@@H]3C2CNC(=O)c2cccc(C(F)(F)F)n2)c1. The standard InChI is InChI=1S/C28H29F3N4O2S/c1-15-6-4-7-18(10-15)25-24(33-17(3)38-25)27(37)35-14-19-11-16(2)12-20(19)22(35)13-32-26(36)21-8-5-9-23(34-21)28(29,30)31/h4-10,16,19-20,22H,11-14H2,1-3H3,(H,32,36)/t16?,19?,20-,22?/m0/s1. The van der Waals surface area contributed by atoms with E-state index >= 15 is 0 Å². The van der Waals surface area contributed by atoms with Gasteiger partial charge >= 0.3 is 6.18 Å². The first-order valence-electron chi connectivity index (χ1n) is 12.7. The summed E-state index contributed by atoms with van der Waals surface area (Å²) in [5, 5.41) is 3.55. The number of hydrogen-bond acceptors (Lipinski definition) is 5. The number of halogens is 3. The molecule has 0 radical (unpaired) electrons. The number of likely N-dealkylation sites (tertiary alicyclic amines) is 1. The predicted molar refractivity (Wildman–Crippen MR) is 139 cm³/mol. The number of pyridine rings is 1. The molecule has 1 saturated carbocycles. The van der Waals surface area contributed by atoms with Crippen molar-refractivity contribution >= 4 is 23.2 Å². The van der Waals surface area contributed by atoms with Crippen LogP contribution in [0, 0.1) is 31.6 Å². The fraction of sp³-hybridized carbons (Fsp3) is 0.429. The van der Waals surface area contributed by atoms with Gasteiger partial charge in [-0.2, -0.15) is 13.2 Å². The number of carbonyl (C=O) groups excluding carboxylic acids is 2. The smallest absolute Gasteiger partial charge is 0.349 e. The first-order chi connectivity index (χ1) is 18.0. The second kappa shape index (κ2) is 10.1. The van der Waals surface area contributed by atoms with E-state index < -0.39 is 17.8 Å². The summed E-state index contributed by atoms with van der Waals surface area (Å²) in [4.78, 5) is 37.5. The number of fused-ring (bicyclic) bond motifs is 1. The highest BCUT2D eigenvalue weighted by Crippen LogP contribution is 2.46. The first kappa shape index (κ1) is 26.3. The minimum absolute atomic E-state index is 0.138. The van der Waals surface area contributed by atoms with Gasteiger partial charge in [-0.1, -0.05) is 42.8 Å². The zero-order valence-electron chi connectivity index (χ0n) is 21.4. The van der Waals surface area contributed by atoms with Crippen LogP contribution in [0.3, 0.4) is 0 Å². The molecule has 0 spiro atoms. The van der Waals surface area contributed by atoms with Gasteiger partial charge in [0.15, 0.2) is 0 Å². The van der Waals surface area contributed by atoms with E-state index in [-0.39, 0.29) is 30.1 Å². The van der Waals surface area contributed by atoms with E-state index in [0.29, 0.717) is 24.1 Å². The van der Waals surface area contributed by atoms with Crippen molar-refractivity contribution in [1.82, 2.24) is 20.2 Å². The Morgan fingerprint density at radius 3 is 2.61 bits per heavy atom. The molecule has 1 aliphatic carbocycles. The Balaban J connectivity index is 1.39. The molecule has 2 aliphatic rings. The Labute approximate surface area is 223 Å². The lowest BCUT2D eigenvalue weighted by molar-refractivity contribution is -0.141. The molecule has 3 unspecified atom stereocenters. The molecule has 3 aromatic rings. The van der Waals surface area contributed by atoms with Crippen LogP contribution in [-0.2, 0) is 6.18 Å². The zero-order valence-corrected chi connectivity index (χ0v) is 22.2. The van der Waals surface area contributed by atoms with E-state index in [1.54, 1.807) is 0 Å². The summed E-state index contributed by atoms with van der Waals surface area (Å²) in [6.45, 7) is 6.77. The number of nitrogens with one attached hydrogen (secondary N) is 1. The van der Waals surface area contributed by atoms with Gasteiger partial charge in [-0.3, -0.25) is 9.59 Å². The van der Waals surface area contributed by atoms with Crippen molar-refractivity contribution < 1.29 is 22.8 Å². The molecule has 1 saturated heterocycles. The third-order valence-corrected chi connectivity index (χ3v) is 8.55. The monoisotopic (exact) mass is 542 g/mol. The highest BCUT2D eigenvalue weighted by Gasteiger charge is 2.48. The van der Waals surface area contributed by atoms with E-state index in [4.69, 9.17) is 0 Å². The summed E-state index contributed by atoms with van der Waals surface area (Å²) in [7, 11) is 0. The van der Waals surface area contributed by atoms with Gasteiger partial charge < -0.3 is 10.2 Å². The summed E-state index contributed by atoms with van der Waals surface area (Å²) in [6.07, 6.45) is -2.72. The van der Waals surface area contributed by atoms with Crippen LogP contribution >= 0.6 is 11.3 Å². The highest BCUT2D eigenvalue weighted by molar-refractivity contribution is 7.15. The average Bonchev–Trinajstić information content (AvgIpc) is 3.53. The van der Waals surface area contributed by atoms with E-state index in [9.17, 15) is 22.8 Å². The number of alkyl halides is 3. The van der Waals surface area contributed by atoms with Gasteiger partial charge in [-0.15, -0.1) is 11.3 Å². The second-order valence-electron chi connectivity index (χ2n) is 10.4. The number of hydrogen-bond donors (Lipinski definition) is 1. The number of thiazole rings is 1. The van der Waals surface area contributed by atoms with Crippen LogP contribution in [0.2, 0.25) is 0 Å². The minimum Gasteiger partial charge on any atom is -0.349 e.